The lowest BCUT2D eigenvalue weighted by Crippen LogP contribution is -2.41. The Morgan fingerprint density at radius 1 is 1.28 bits per heavy atom. The van der Waals surface area contributed by atoms with Gasteiger partial charge in [0.2, 0.25) is 5.91 Å². The lowest BCUT2D eigenvalue weighted by atomic mass is 9.98. The molecule has 0 radical (unpaired) electrons. The van der Waals surface area contributed by atoms with E-state index in [4.69, 9.17) is 0 Å². The first kappa shape index (κ1) is 10.7. The zero-order chi connectivity index (χ0) is 12.5. The van der Waals surface area contributed by atoms with Crippen LogP contribution in [0.25, 0.3) is 0 Å². The van der Waals surface area contributed by atoms with Crippen LogP contribution in [0.3, 0.4) is 0 Å². The van der Waals surface area contributed by atoms with Crippen LogP contribution >= 0.6 is 0 Å². The van der Waals surface area contributed by atoms with Crippen LogP contribution in [0, 0.1) is 0 Å². The number of nitrogens with zero attached hydrogens (tertiary/aromatic N) is 2. The molecular weight excluding hydrogens is 230 g/mol. The lowest BCUT2D eigenvalue weighted by molar-refractivity contribution is -0.128. The maximum absolute atomic E-state index is 12.2. The van der Waals surface area contributed by atoms with Gasteiger partial charge < -0.3 is 0 Å². The van der Waals surface area contributed by atoms with E-state index < -0.39 is 0 Å². The molecule has 0 fully saturated rings. The molecule has 3 rings (SSSR count). The summed E-state index contributed by atoms with van der Waals surface area (Å²) in [6, 6.07) is 7.22. The average Bonchev–Trinajstić information content (AvgIpc) is 2.87. The summed E-state index contributed by atoms with van der Waals surface area (Å²) in [4.78, 5) is 25.5. The molecule has 2 amide bonds. The predicted molar refractivity (Wildman–Crippen MR) is 63.6 cm³/mol. The number of aromatic nitrogens is 2. The molecular formula is C13H11N3O2. The first-order valence-electron chi connectivity index (χ1n) is 5.66. The molecule has 1 aromatic heterocycles. The van der Waals surface area contributed by atoms with Crippen molar-refractivity contribution in [1.29, 1.82) is 0 Å². The van der Waals surface area contributed by atoms with Crippen LogP contribution in [0.4, 0.5) is 0 Å². The first-order valence-corrected chi connectivity index (χ1v) is 5.66. The van der Waals surface area contributed by atoms with Gasteiger partial charge in [0.1, 0.15) is 0 Å². The van der Waals surface area contributed by atoms with Crippen molar-refractivity contribution in [3.63, 3.8) is 0 Å². The second-order valence-corrected chi connectivity index (χ2v) is 4.23. The number of hydrogen-bond donors (Lipinski definition) is 1. The number of H-pyrrole nitrogens is 1. The molecule has 0 spiro atoms. The van der Waals surface area contributed by atoms with E-state index in [-0.39, 0.29) is 24.8 Å². The number of imide groups is 1. The molecule has 0 aliphatic carbocycles. The van der Waals surface area contributed by atoms with Crippen molar-refractivity contribution in [3.05, 3.63) is 53.3 Å². The number of benzene rings is 1. The van der Waals surface area contributed by atoms with Gasteiger partial charge in [0.05, 0.1) is 19.2 Å². The Morgan fingerprint density at radius 2 is 2.11 bits per heavy atom. The quantitative estimate of drug-likeness (QED) is 0.802. The molecule has 2 aromatic rings. The molecule has 1 aliphatic heterocycles. The summed E-state index contributed by atoms with van der Waals surface area (Å²) in [6.07, 6.45) is 3.57. The molecule has 1 N–H and O–H groups in total. The number of nitrogens with one attached hydrogen (secondary N) is 1. The number of rotatable bonds is 2. The number of carbonyl (C=O) groups excluding carboxylic acids is 2. The van der Waals surface area contributed by atoms with E-state index in [0.717, 1.165) is 11.1 Å². The zero-order valence-corrected chi connectivity index (χ0v) is 9.59. The molecule has 2 heterocycles. The third kappa shape index (κ3) is 1.69. The van der Waals surface area contributed by atoms with Crippen LogP contribution in [0.2, 0.25) is 0 Å². The molecule has 0 bridgehead atoms. The number of hydrogen-bond acceptors (Lipinski definition) is 3. The highest BCUT2D eigenvalue weighted by Gasteiger charge is 2.30. The number of carbonyl (C=O) groups is 2. The van der Waals surface area contributed by atoms with Crippen LogP contribution in [-0.2, 0) is 17.8 Å². The summed E-state index contributed by atoms with van der Waals surface area (Å²) < 4.78 is 0. The largest absolute Gasteiger partial charge is 0.285 e. The monoisotopic (exact) mass is 241 g/mol. The lowest BCUT2D eigenvalue weighted by Gasteiger charge is -2.26. The molecule has 0 unspecified atom stereocenters. The Kier molecular flexibility index (Phi) is 2.44. The molecule has 90 valence electrons. The van der Waals surface area contributed by atoms with Crippen LogP contribution < -0.4 is 0 Å². The molecule has 1 aromatic carbocycles. The highest BCUT2D eigenvalue weighted by atomic mass is 16.2. The molecule has 0 saturated carbocycles. The van der Waals surface area contributed by atoms with Gasteiger partial charge in [-0.15, -0.1) is 0 Å². The third-order valence-electron chi connectivity index (χ3n) is 3.03. The summed E-state index contributed by atoms with van der Waals surface area (Å²) in [7, 11) is 0. The first-order chi connectivity index (χ1) is 8.75. The molecule has 18 heavy (non-hydrogen) atoms. The van der Waals surface area contributed by atoms with Gasteiger partial charge in [-0.25, -0.2) is 0 Å². The molecule has 0 atom stereocenters. The Labute approximate surface area is 103 Å². The van der Waals surface area contributed by atoms with Gasteiger partial charge in [-0.1, -0.05) is 18.2 Å². The second kappa shape index (κ2) is 4.10. The number of fused-ring (bicyclic) bond motifs is 1. The minimum absolute atomic E-state index is 0.167. The molecule has 5 nitrogen and oxygen atoms in total. The van der Waals surface area contributed by atoms with E-state index >= 15 is 0 Å². The Morgan fingerprint density at radius 3 is 2.89 bits per heavy atom. The van der Waals surface area contributed by atoms with E-state index in [1.165, 1.54) is 4.90 Å². The SMILES string of the molecule is O=C1Cc2ccccc2C(=O)N1Cc1cn[nH]c1. The van der Waals surface area contributed by atoms with Crippen LogP contribution in [0.5, 0.6) is 0 Å². The molecule has 1 aliphatic rings. The average molecular weight is 241 g/mol. The Balaban J connectivity index is 1.93. The molecule has 5 heteroatoms. The third-order valence-corrected chi connectivity index (χ3v) is 3.03. The normalized spacial score (nSPS) is 14.8. The van der Waals surface area contributed by atoms with Gasteiger partial charge in [0, 0.05) is 17.3 Å². The van der Waals surface area contributed by atoms with Crippen molar-refractivity contribution < 1.29 is 9.59 Å². The van der Waals surface area contributed by atoms with Crippen molar-refractivity contribution in [3.8, 4) is 0 Å². The van der Waals surface area contributed by atoms with Gasteiger partial charge in [0.15, 0.2) is 0 Å². The highest BCUT2D eigenvalue weighted by Crippen LogP contribution is 2.20. The zero-order valence-electron chi connectivity index (χ0n) is 9.59. The Hall–Kier alpha value is -2.43. The van der Waals surface area contributed by atoms with Gasteiger partial charge in [-0.3, -0.25) is 19.6 Å². The maximum atomic E-state index is 12.2. The summed E-state index contributed by atoms with van der Waals surface area (Å²) >= 11 is 0. The van der Waals surface area contributed by atoms with Crippen LogP contribution in [0.1, 0.15) is 21.5 Å². The van der Waals surface area contributed by atoms with Crippen LogP contribution in [0.15, 0.2) is 36.7 Å². The van der Waals surface area contributed by atoms with Gasteiger partial charge in [0.25, 0.3) is 5.91 Å². The van der Waals surface area contributed by atoms with E-state index in [1.54, 1.807) is 18.5 Å². The second-order valence-electron chi connectivity index (χ2n) is 4.23. The topological polar surface area (TPSA) is 66.1 Å². The van der Waals surface area contributed by atoms with E-state index in [0.29, 0.717) is 5.56 Å². The van der Waals surface area contributed by atoms with Crippen molar-refractivity contribution >= 4 is 11.8 Å². The van der Waals surface area contributed by atoms with Crippen LogP contribution in [-0.4, -0.2) is 26.9 Å². The van der Waals surface area contributed by atoms with E-state index in [2.05, 4.69) is 10.2 Å². The number of aromatic amines is 1. The fourth-order valence-electron chi connectivity index (χ4n) is 2.11. The summed E-state index contributed by atoms with van der Waals surface area (Å²) in [5.74, 6) is -0.400. The van der Waals surface area contributed by atoms with E-state index in [9.17, 15) is 9.59 Å². The van der Waals surface area contributed by atoms with Crippen molar-refractivity contribution in [2.24, 2.45) is 0 Å². The fourth-order valence-corrected chi connectivity index (χ4v) is 2.11. The molecule has 0 saturated heterocycles. The fraction of sp³-hybridized carbons (Fsp3) is 0.154. The summed E-state index contributed by atoms with van der Waals surface area (Å²) in [6.45, 7) is 0.266. The summed E-state index contributed by atoms with van der Waals surface area (Å²) in [5.41, 5.74) is 2.23. The predicted octanol–water partition coefficient (Wildman–Crippen LogP) is 1.13. The number of amides is 2. The standard InChI is InChI=1S/C13H11N3O2/c17-12-5-10-3-1-2-4-11(10)13(18)16(12)8-9-6-14-15-7-9/h1-4,6-7H,5,8H2,(H,14,15). The van der Waals surface area contributed by atoms with Gasteiger partial charge >= 0.3 is 0 Å². The van der Waals surface area contributed by atoms with Gasteiger partial charge in [-0.2, -0.15) is 5.10 Å². The maximum Gasteiger partial charge on any atom is 0.261 e. The van der Waals surface area contributed by atoms with E-state index in [1.807, 2.05) is 18.2 Å². The Bertz CT molecular complexity index is 604. The minimum atomic E-state index is -0.233. The highest BCUT2D eigenvalue weighted by molar-refractivity contribution is 6.09. The minimum Gasteiger partial charge on any atom is -0.285 e. The smallest absolute Gasteiger partial charge is 0.261 e. The van der Waals surface area contributed by atoms with Crippen molar-refractivity contribution in [2.75, 3.05) is 0 Å². The van der Waals surface area contributed by atoms with Gasteiger partial charge in [-0.05, 0) is 11.6 Å². The summed E-state index contributed by atoms with van der Waals surface area (Å²) in [5, 5.41) is 6.48. The van der Waals surface area contributed by atoms with Crippen molar-refractivity contribution in [1.82, 2.24) is 15.1 Å². The van der Waals surface area contributed by atoms with Crippen molar-refractivity contribution in [2.45, 2.75) is 13.0 Å².